The molecule has 1 atom stereocenters. The van der Waals surface area contributed by atoms with E-state index >= 15 is 0 Å². The molecule has 2 aliphatic heterocycles. The molecule has 28 heavy (non-hydrogen) atoms. The van der Waals surface area contributed by atoms with Crippen LogP contribution in [0, 0.1) is 11.7 Å². The van der Waals surface area contributed by atoms with E-state index in [9.17, 15) is 14.0 Å². The van der Waals surface area contributed by atoms with Gasteiger partial charge in [-0.2, -0.15) is 0 Å². The van der Waals surface area contributed by atoms with Crippen LogP contribution in [0.2, 0.25) is 0 Å². The molecule has 0 aromatic heterocycles. The van der Waals surface area contributed by atoms with E-state index in [0.29, 0.717) is 51.2 Å². The molecule has 0 aliphatic carbocycles. The van der Waals surface area contributed by atoms with E-state index in [1.54, 1.807) is 18.1 Å². The minimum atomic E-state index is -0.178. The zero-order valence-electron chi connectivity index (χ0n) is 16.6. The van der Waals surface area contributed by atoms with Crippen LogP contribution in [-0.2, 0) is 20.9 Å². The first-order chi connectivity index (χ1) is 13.6. The van der Waals surface area contributed by atoms with Crippen molar-refractivity contribution in [3.63, 3.8) is 0 Å². The number of amides is 2. The second-order valence-corrected chi connectivity index (χ2v) is 7.61. The van der Waals surface area contributed by atoms with Gasteiger partial charge in [-0.3, -0.25) is 14.5 Å². The highest BCUT2D eigenvalue weighted by Gasteiger charge is 2.33. The quantitative estimate of drug-likeness (QED) is 0.741. The maximum atomic E-state index is 13.9. The fourth-order valence-electron chi connectivity index (χ4n) is 4.01. The summed E-state index contributed by atoms with van der Waals surface area (Å²) in [6.45, 7) is 5.02. The molecule has 154 valence electrons. The second-order valence-electron chi connectivity index (χ2n) is 7.61. The van der Waals surface area contributed by atoms with Crippen molar-refractivity contribution in [1.29, 1.82) is 0 Å². The van der Waals surface area contributed by atoms with Crippen molar-refractivity contribution in [2.75, 3.05) is 53.0 Å². The number of piperidine rings is 1. The Morgan fingerprint density at radius 2 is 2.04 bits per heavy atom. The molecule has 6 nitrogen and oxygen atoms in total. The van der Waals surface area contributed by atoms with Crippen molar-refractivity contribution >= 4 is 11.8 Å². The zero-order chi connectivity index (χ0) is 19.9. The number of nitrogens with zero attached hydrogens (tertiary/aromatic N) is 3. The Hall–Kier alpha value is -1.99. The first-order valence-electron chi connectivity index (χ1n) is 10.1. The minimum Gasteiger partial charge on any atom is -0.383 e. The third-order valence-electron chi connectivity index (χ3n) is 5.67. The summed E-state index contributed by atoms with van der Waals surface area (Å²) in [4.78, 5) is 31.0. The number of methoxy groups -OCH3 is 1. The number of carbonyl (C=O) groups is 2. The van der Waals surface area contributed by atoms with E-state index in [4.69, 9.17) is 4.74 Å². The van der Waals surface area contributed by atoms with Gasteiger partial charge in [-0.25, -0.2) is 4.39 Å². The monoisotopic (exact) mass is 391 g/mol. The lowest BCUT2D eigenvalue weighted by molar-refractivity contribution is -0.143. The summed E-state index contributed by atoms with van der Waals surface area (Å²) in [7, 11) is 1.61. The highest BCUT2D eigenvalue weighted by atomic mass is 19.1. The van der Waals surface area contributed by atoms with Crippen LogP contribution in [0.15, 0.2) is 24.3 Å². The Morgan fingerprint density at radius 3 is 2.82 bits per heavy atom. The van der Waals surface area contributed by atoms with E-state index < -0.39 is 0 Å². The maximum absolute atomic E-state index is 13.9. The Labute approximate surface area is 166 Å². The predicted octanol–water partition coefficient (Wildman–Crippen LogP) is 1.74. The van der Waals surface area contributed by atoms with Crippen molar-refractivity contribution in [3.05, 3.63) is 35.6 Å². The van der Waals surface area contributed by atoms with Gasteiger partial charge in [-0.05, 0) is 18.9 Å². The normalized spacial score (nSPS) is 21.6. The summed E-state index contributed by atoms with van der Waals surface area (Å²) in [6.07, 6.45) is 1.92. The Balaban J connectivity index is 1.54. The standard InChI is InChI=1S/C21H30FN3O3/c1-28-14-13-25-16-18(7-8-20(25)26)21(27)24-10-4-9-23(11-12-24)15-17-5-2-3-6-19(17)22/h2-3,5-6,18H,4,7-16H2,1H3. The SMILES string of the molecule is COCCN1CC(C(=O)N2CCCN(Cc3ccccc3F)CC2)CCC1=O. The van der Waals surface area contributed by atoms with E-state index in [1.807, 2.05) is 17.0 Å². The van der Waals surface area contributed by atoms with Crippen LogP contribution in [0.4, 0.5) is 4.39 Å². The van der Waals surface area contributed by atoms with Crippen LogP contribution in [-0.4, -0.2) is 79.5 Å². The van der Waals surface area contributed by atoms with E-state index in [1.165, 1.54) is 6.07 Å². The molecule has 2 fully saturated rings. The third-order valence-corrected chi connectivity index (χ3v) is 5.67. The van der Waals surface area contributed by atoms with E-state index in [0.717, 1.165) is 26.1 Å². The molecule has 2 saturated heterocycles. The first kappa shape index (κ1) is 20.7. The van der Waals surface area contributed by atoms with E-state index in [2.05, 4.69) is 4.90 Å². The first-order valence-corrected chi connectivity index (χ1v) is 10.1. The smallest absolute Gasteiger partial charge is 0.227 e. The fourth-order valence-corrected chi connectivity index (χ4v) is 4.01. The summed E-state index contributed by atoms with van der Waals surface area (Å²) in [5.74, 6) is -0.0638. The Kier molecular flexibility index (Phi) is 7.39. The number of hydrogen-bond donors (Lipinski definition) is 0. The van der Waals surface area contributed by atoms with Gasteiger partial charge in [0.05, 0.1) is 12.5 Å². The second kappa shape index (κ2) is 9.98. The van der Waals surface area contributed by atoms with Gasteiger partial charge in [0.15, 0.2) is 0 Å². The summed E-state index contributed by atoms with van der Waals surface area (Å²) < 4.78 is 19.0. The van der Waals surface area contributed by atoms with Gasteiger partial charge in [-0.1, -0.05) is 18.2 Å². The summed E-state index contributed by atoms with van der Waals surface area (Å²) in [6, 6.07) is 6.86. The molecule has 0 N–H and O–H groups in total. The molecule has 0 radical (unpaired) electrons. The molecular weight excluding hydrogens is 361 g/mol. The summed E-state index contributed by atoms with van der Waals surface area (Å²) >= 11 is 0. The number of rotatable bonds is 6. The fraction of sp³-hybridized carbons (Fsp3) is 0.619. The molecule has 3 rings (SSSR count). The molecule has 2 aliphatic rings. The minimum absolute atomic E-state index is 0.105. The van der Waals surface area contributed by atoms with Crippen LogP contribution in [0.25, 0.3) is 0 Å². The molecule has 0 bridgehead atoms. The topological polar surface area (TPSA) is 53.1 Å². The van der Waals surface area contributed by atoms with Crippen molar-refractivity contribution in [1.82, 2.24) is 14.7 Å². The van der Waals surface area contributed by atoms with Crippen molar-refractivity contribution < 1.29 is 18.7 Å². The van der Waals surface area contributed by atoms with Crippen molar-refractivity contribution in [2.45, 2.75) is 25.8 Å². The van der Waals surface area contributed by atoms with Gasteiger partial charge in [0.2, 0.25) is 11.8 Å². The third kappa shape index (κ3) is 5.29. The van der Waals surface area contributed by atoms with Crippen LogP contribution < -0.4 is 0 Å². The van der Waals surface area contributed by atoms with E-state index in [-0.39, 0.29) is 23.5 Å². The number of carbonyl (C=O) groups excluding carboxylic acids is 2. The van der Waals surface area contributed by atoms with Gasteiger partial charge in [-0.15, -0.1) is 0 Å². The summed E-state index contributed by atoms with van der Waals surface area (Å²) in [5.41, 5.74) is 0.696. The van der Waals surface area contributed by atoms with Gasteiger partial charge in [0.25, 0.3) is 0 Å². The van der Waals surface area contributed by atoms with Crippen LogP contribution in [0.3, 0.4) is 0 Å². The largest absolute Gasteiger partial charge is 0.383 e. The van der Waals surface area contributed by atoms with Gasteiger partial charge >= 0.3 is 0 Å². The predicted molar refractivity (Wildman–Crippen MR) is 104 cm³/mol. The molecule has 0 spiro atoms. The number of halogens is 1. The average Bonchev–Trinajstić information content (AvgIpc) is 2.94. The Bertz CT molecular complexity index is 685. The molecule has 1 aromatic carbocycles. The zero-order valence-corrected chi connectivity index (χ0v) is 16.6. The highest BCUT2D eigenvalue weighted by molar-refractivity contribution is 5.84. The lowest BCUT2D eigenvalue weighted by Gasteiger charge is -2.34. The molecule has 1 unspecified atom stereocenters. The highest BCUT2D eigenvalue weighted by Crippen LogP contribution is 2.21. The van der Waals surface area contributed by atoms with Crippen molar-refractivity contribution in [3.8, 4) is 0 Å². The molecule has 2 heterocycles. The van der Waals surface area contributed by atoms with Crippen LogP contribution in [0.5, 0.6) is 0 Å². The number of ether oxygens (including phenoxy) is 1. The molecule has 0 saturated carbocycles. The number of hydrogen-bond acceptors (Lipinski definition) is 4. The van der Waals surface area contributed by atoms with Crippen LogP contribution in [0.1, 0.15) is 24.8 Å². The van der Waals surface area contributed by atoms with Crippen molar-refractivity contribution in [2.24, 2.45) is 5.92 Å². The van der Waals surface area contributed by atoms with Crippen LogP contribution >= 0.6 is 0 Å². The molecule has 1 aromatic rings. The molecule has 7 heteroatoms. The molecular formula is C21H30FN3O3. The van der Waals surface area contributed by atoms with Gasteiger partial charge in [0.1, 0.15) is 5.82 Å². The molecule has 2 amide bonds. The number of benzene rings is 1. The summed E-state index contributed by atoms with van der Waals surface area (Å²) in [5, 5.41) is 0. The van der Waals surface area contributed by atoms with Gasteiger partial charge < -0.3 is 14.5 Å². The van der Waals surface area contributed by atoms with Gasteiger partial charge in [0, 0.05) is 64.9 Å². The maximum Gasteiger partial charge on any atom is 0.227 e. The number of likely N-dealkylation sites (tertiary alicyclic amines) is 1. The lowest BCUT2D eigenvalue weighted by Crippen LogP contribution is -2.48. The average molecular weight is 391 g/mol. The lowest BCUT2D eigenvalue weighted by atomic mass is 9.96. The Morgan fingerprint density at radius 1 is 1.21 bits per heavy atom.